The molecule has 0 radical (unpaired) electrons. The van der Waals surface area contributed by atoms with E-state index >= 15 is 0 Å². The summed E-state index contributed by atoms with van der Waals surface area (Å²) in [6, 6.07) is 21.1. The SMILES string of the molecule is C=CCOC(=O)c1ccc(CC(=O)c2ccc(CC(=O)c3ccc(CC(=O)[C@H](CC(N)=O)NC(=O)c4ccc(N)cc4)cc3)c(OCC)c2OCC=C)cc1. The Morgan fingerprint density at radius 3 is 1.89 bits per heavy atom. The second-order valence-corrected chi connectivity index (χ2v) is 12.4. The van der Waals surface area contributed by atoms with Gasteiger partial charge in [-0.3, -0.25) is 24.0 Å². The van der Waals surface area contributed by atoms with Gasteiger partial charge in [0.15, 0.2) is 28.8 Å². The number of nitrogens with two attached hydrogens (primary N) is 2. The van der Waals surface area contributed by atoms with Crippen LogP contribution in [0.5, 0.6) is 11.5 Å². The van der Waals surface area contributed by atoms with Crippen LogP contribution in [0.4, 0.5) is 5.69 Å². The molecule has 55 heavy (non-hydrogen) atoms. The summed E-state index contributed by atoms with van der Waals surface area (Å²) >= 11 is 0. The molecule has 5 N–H and O–H groups in total. The van der Waals surface area contributed by atoms with E-state index in [4.69, 9.17) is 25.7 Å². The second-order valence-electron chi connectivity index (χ2n) is 12.4. The minimum Gasteiger partial charge on any atom is -0.490 e. The normalized spacial score (nSPS) is 11.1. The highest BCUT2D eigenvalue weighted by Crippen LogP contribution is 2.37. The number of hydrogen-bond acceptors (Lipinski definition) is 10. The van der Waals surface area contributed by atoms with Crippen LogP contribution in [-0.4, -0.2) is 61.0 Å². The van der Waals surface area contributed by atoms with E-state index in [0.29, 0.717) is 33.5 Å². The number of ether oxygens (including phenoxy) is 3. The average Bonchev–Trinajstić information content (AvgIpc) is 3.17. The number of benzene rings is 4. The molecule has 0 saturated heterocycles. The zero-order chi connectivity index (χ0) is 39.9. The highest BCUT2D eigenvalue weighted by molar-refractivity contribution is 6.03. The van der Waals surface area contributed by atoms with Gasteiger partial charge in [0, 0.05) is 41.6 Å². The van der Waals surface area contributed by atoms with E-state index in [2.05, 4.69) is 18.5 Å². The number of carbonyl (C=O) groups is 6. The molecule has 0 heterocycles. The van der Waals surface area contributed by atoms with E-state index in [9.17, 15) is 28.8 Å². The molecule has 12 heteroatoms. The largest absolute Gasteiger partial charge is 0.490 e. The molecule has 0 unspecified atom stereocenters. The van der Waals surface area contributed by atoms with E-state index in [-0.39, 0.29) is 79.7 Å². The maximum atomic E-state index is 13.6. The highest BCUT2D eigenvalue weighted by Gasteiger charge is 2.25. The number of amides is 2. The van der Waals surface area contributed by atoms with Crippen LogP contribution in [0.1, 0.15) is 71.5 Å². The van der Waals surface area contributed by atoms with Crippen molar-refractivity contribution >= 4 is 40.8 Å². The Bertz CT molecular complexity index is 2050. The Kier molecular flexibility index (Phi) is 14.8. The van der Waals surface area contributed by atoms with Gasteiger partial charge in [0.2, 0.25) is 5.91 Å². The summed E-state index contributed by atoms with van der Waals surface area (Å²) in [5.41, 5.74) is 14.4. The summed E-state index contributed by atoms with van der Waals surface area (Å²) in [4.78, 5) is 77.0. The van der Waals surface area contributed by atoms with Crippen LogP contribution in [0.15, 0.2) is 110 Å². The van der Waals surface area contributed by atoms with Gasteiger partial charge in [-0.1, -0.05) is 67.8 Å². The van der Waals surface area contributed by atoms with Crippen LogP contribution in [0.2, 0.25) is 0 Å². The predicted octanol–water partition coefficient (Wildman–Crippen LogP) is 5.21. The first-order valence-electron chi connectivity index (χ1n) is 17.5. The molecule has 0 aliphatic rings. The Morgan fingerprint density at radius 1 is 0.691 bits per heavy atom. The molecule has 0 fully saturated rings. The van der Waals surface area contributed by atoms with E-state index in [0.717, 1.165) is 0 Å². The first-order valence-corrected chi connectivity index (χ1v) is 17.5. The smallest absolute Gasteiger partial charge is 0.338 e. The second kappa shape index (κ2) is 19.9. The molecule has 4 aromatic carbocycles. The fourth-order valence-electron chi connectivity index (χ4n) is 5.54. The number of esters is 1. The zero-order valence-electron chi connectivity index (χ0n) is 30.5. The van der Waals surface area contributed by atoms with Crippen molar-refractivity contribution in [3.63, 3.8) is 0 Å². The zero-order valence-corrected chi connectivity index (χ0v) is 30.5. The summed E-state index contributed by atoms with van der Waals surface area (Å²) in [6.45, 7) is 9.40. The summed E-state index contributed by atoms with van der Waals surface area (Å²) in [5, 5.41) is 2.58. The van der Waals surface area contributed by atoms with Gasteiger partial charge < -0.3 is 31.0 Å². The van der Waals surface area contributed by atoms with Crippen molar-refractivity contribution in [3.8, 4) is 11.5 Å². The van der Waals surface area contributed by atoms with Gasteiger partial charge in [-0.15, -0.1) is 0 Å². The topological polar surface area (TPSA) is 194 Å². The minimum absolute atomic E-state index is 0.00333. The van der Waals surface area contributed by atoms with Crippen molar-refractivity contribution in [1.82, 2.24) is 5.32 Å². The predicted molar refractivity (Wildman–Crippen MR) is 207 cm³/mol. The van der Waals surface area contributed by atoms with Crippen molar-refractivity contribution in [2.45, 2.75) is 38.6 Å². The van der Waals surface area contributed by atoms with E-state index in [1.165, 1.54) is 24.3 Å². The number of anilines is 1. The fourth-order valence-corrected chi connectivity index (χ4v) is 5.54. The summed E-state index contributed by atoms with van der Waals surface area (Å²) in [6.07, 6.45) is 2.40. The molecule has 0 aliphatic heterocycles. The van der Waals surface area contributed by atoms with Crippen molar-refractivity contribution in [2.75, 3.05) is 25.6 Å². The monoisotopic (exact) mass is 745 g/mol. The molecule has 12 nitrogen and oxygen atoms in total. The number of hydrogen-bond donors (Lipinski definition) is 3. The standard InChI is InChI=1S/C43H43N3O9/c1-4-21-54-41-34(37(48)23-27-9-13-31(14-10-27)43(52)55-22-5-2)20-17-32(40(41)53-6-3)25-36(47)29-11-7-28(8-12-29)24-38(49)35(26-39(45)50)46-42(51)30-15-18-33(44)19-16-30/h4-5,7-20,35H,1-2,6,21-26,44H2,3H3,(H2,45,50)(H,46,51)/t35-/m0/s1. The summed E-state index contributed by atoms with van der Waals surface area (Å²) in [5.74, 6) is -2.34. The van der Waals surface area contributed by atoms with Crippen LogP contribution < -0.4 is 26.3 Å². The van der Waals surface area contributed by atoms with Crippen LogP contribution in [0, 0.1) is 0 Å². The van der Waals surface area contributed by atoms with Gasteiger partial charge in [-0.2, -0.15) is 0 Å². The van der Waals surface area contributed by atoms with Crippen molar-refractivity contribution in [3.05, 3.63) is 149 Å². The van der Waals surface area contributed by atoms with Crippen molar-refractivity contribution < 1.29 is 43.0 Å². The molecule has 0 bridgehead atoms. The number of nitrogen functional groups attached to an aromatic ring is 1. The van der Waals surface area contributed by atoms with Crippen molar-refractivity contribution in [2.24, 2.45) is 5.73 Å². The summed E-state index contributed by atoms with van der Waals surface area (Å²) < 4.78 is 17.0. The first kappa shape index (κ1) is 40.9. The van der Waals surface area contributed by atoms with Crippen LogP contribution >= 0.6 is 0 Å². The number of Topliss-reactive ketones (excluding diaryl/α,β-unsaturated/α-hetero) is 3. The number of carbonyl (C=O) groups excluding carboxylic acids is 6. The number of rotatable bonds is 21. The molecule has 4 aromatic rings. The average molecular weight is 746 g/mol. The maximum Gasteiger partial charge on any atom is 0.338 e. The minimum atomic E-state index is -1.16. The van der Waals surface area contributed by atoms with Gasteiger partial charge in [-0.05, 0) is 60.5 Å². The number of primary amides is 1. The van der Waals surface area contributed by atoms with Gasteiger partial charge in [-0.25, -0.2) is 4.79 Å². The Hall–Kier alpha value is -6.82. The molecule has 0 spiro atoms. The van der Waals surface area contributed by atoms with Crippen LogP contribution in [-0.2, 0) is 33.6 Å². The fraction of sp³-hybridized carbons (Fsp3) is 0.209. The van der Waals surface area contributed by atoms with Crippen LogP contribution in [0.3, 0.4) is 0 Å². The van der Waals surface area contributed by atoms with Crippen LogP contribution in [0.25, 0.3) is 0 Å². The molecular weight excluding hydrogens is 702 g/mol. The van der Waals surface area contributed by atoms with E-state index in [1.54, 1.807) is 79.7 Å². The lowest BCUT2D eigenvalue weighted by Crippen LogP contribution is -2.44. The lowest BCUT2D eigenvalue weighted by Gasteiger charge is -2.18. The van der Waals surface area contributed by atoms with Gasteiger partial charge >= 0.3 is 5.97 Å². The highest BCUT2D eigenvalue weighted by atomic mass is 16.5. The Balaban J connectivity index is 1.49. The molecule has 4 rings (SSSR count). The Morgan fingerprint density at radius 2 is 1.29 bits per heavy atom. The third kappa shape index (κ3) is 11.6. The molecule has 0 aromatic heterocycles. The maximum absolute atomic E-state index is 13.6. The van der Waals surface area contributed by atoms with Gasteiger partial charge in [0.25, 0.3) is 5.91 Å². The molecule has 0 aliphatic carbocycles. The number of nitrogens with one attached hydrogen (secondary N) is 1. The summed E-state index contributed by atoms with van der Waals surface area (Å²) in [7, 11) is 0. The lowest BCUT2D eigenvalue weighted by atomic mass is 9.95. The lowest BCUT2D eigenvalue weighted by molar-refractivity contribution is -0.125. The third-order valence-corrected chi connectivity index (χ3v) is 8.29. The first-order chi connectivity index (χ1) is 26.4. The molecule has 0 saturated carbocycles. The third-order valence-electron chi connectivity index (χ3n) is 8.29. The number of ketones is 3. The van der Waals surface area contributed by atoms with Crippen molar-refractivity contribution in [1.29, 1.82) is 0 Å². The molecule has 2 amide bonds. The quantitative estimate of drug-likeness (QED) is 0.0441. The van der Waals surface area contributed by atoms with E-state index in [1.807, 2.05) is 0 Å². The molecular formula is C43H43N3O9. The molecule has 284 valence electrons. The van der Waals surface area contributed by atoms with E-state index < -0.39 is 29.6 Å². The van der Waals surface area contributed by atoms with Gasteiger partial charge in [0.1, 0.15) is 13.2 Å². The van der Waals surface area contributed by atoms with Gasteiger partial charge in [0.05, 0.1) is 30.2 Å². The molecule has 1 atom stereocenters. The Labute approximate surface area is 319 Å².